The Morgan fingerprint density at radius 2 is 1.91 bits per heavy atom. The number of nitrogens with one attached hydrogen (secondary N) is 1. The Balaban J connectivity index is 2.05. The predicted octanol–water partition coefficient (Wildman–Crippen LogP) is 4.02. The number of aromatic carboxylic acids is 1. The number of carbonyl (C=O) groups excluding carboxylic acids is 1. The molecule has 0 radical (unpaired) electrons. The van der Waals surface area contributed by atoms with Gasteiger partial charge in [-0.05, 0) is 36.8 Å². The molecule has 0 aliphatic heterocycles. The van der Waals surface area contributed by atoms with Crippen molar-refractivity contribution in [2.24, 2.45) is 0 Å². The molecule has 0 atom stereocenters. The Morgan fingerprint density at radius 3 is 2.57 bits per heavy atom. The lowest BCUT2D eigenvalue weighted by molar-refractivity contribution is -0.118. The number of hydrogen-bond acceptors (Lipinski definition) is 3. The van der Waals surface area contributed by atoms with E-state index in [1.165, 1.54) is 12.1 Å². The topological polar surface area (TPSA) is 75.6 Å². The molecule has 0 bridgehead atoms. The van der Waals surface area contributed by atoms with Gasteiger partial charge in [0.25, 0.3) is 5.91 Å². The number of carboxylic acid groups (broad SMARTS) is 1. The number of rotatable bonds is 5. The summed E-state index contributed by atoms with van der Waals surface area (Å²) in [5.74, 6) is -1.39. The minimum absolute atomic E-state index is 0.00679. The van der Waals surface area contributed by atoms with Gasteiger partial charge in [-0.3, -0.25) is 4.79 Å². The van der Waals surface area contributed by atoms with Crippen LogP contribution in [0.1, 0.15) is 15.9 Å². The Kier molecular flexibility index (Phi) is 5.47. The molecule has 7 heteroatoms. The molecule has 1 amide bonds. The highest BCUT2D eigenvalue weighted by Gasteiger charge is 2.15. The number of amides is 1. The monoisotopic (exact) mass is 353 g/mol. The predicted molar refractivity (Wildman–Crippen MR) is 88.7 cm³/mol. The fourth-order valence-corrected chi connectivity index (χ4v) is 2.22. The Hall–Kier alpha value is -2.24. The first-order valence-corrected chi connectivity index (χ1v) is 7.34. The molecule has 0 aliphatic rings. The van der Waals surface area contributed by atoms with E-state index >= 15 is 0 Å². The largest absolute Gasteiger partial charge is 0.483 e. The number of anilines is 1. The zero-order valence-electron chi connectivity index (χ0n) is 12.1. The van der Waals surface area contributed by atoms with Gasteiger partial charge in [0.2, 0.25) is 0 Å². The van der Waals surface area contributed by atoms with Crippen molar-refractivity contribution in [2.75, 3.05) is 11.9 Å². The molecular formula is C16H13Cl2NO4. The molecular weight excluding hydrogens is 341 g/mol. The van der Waals surface area contributed by atoms with Crippen LogP contribution in [0, 0.1) is 6.92 Å². The van der Waals surface area contributed by atoms with E-state index in [2.05, 4.69) is 5.32 Å². The molecule has 0 heterocycles. The van der Waals surface area contributed by atoms with Gasteiger partial charge in [0, 0.05) is 5.69 Å². The minimum Gasteiger partial charge on any atom is -0.483 e. The van der Waals surface area contributed by atoms with Crippen LogP contribution >= 0.6 is 23.2 Å². The number of para-hydroxylation sites is 1. The molecule has 0 fully saturated rings. The Labute approximate surface area is 142 Å². The number of carbonyl (C=O) groups is 2. The lowest BCUT2D eigenvalue weighted by Gasteiger charge is -2.12. The van der Waals surface area contributed by atoms with Gasteiger partial charge < -0.3 is 15.2 Å². The molecule has 0 aromatic heterocycles. The highest BCUT2D eigenvalue weighted by atomic mass is 35.5. The molecule has 23 heavy (non-hydrogen) atoms. The summed E-state index contributed by atoms with van der Waals surface area (Å²) in [7, 11) is 0. The van der Waals surface area contributed by atoms with Crippen LogP contribution in [-0.2, 0) is 4.79 Å². The fourth-order valence-electron chi connectivity index (χ4n) is 1.92. The maximum atomic E-state index is 11.9. The number of ether oxygens (including phenoxy) is 1. The van der Waals surface area contributed by atoms with Crippen molar-refractivity contribution in [1.82, 2.24) is 0 Å². The van der Waals surface area contributed by atoms with Crippen LogP contribution in [0.4, 0.5) is 5.69 Å². The van der Waals surface area contributed by atoms with E-state index in [0.717, 1.165) is 0 Å². The third-order valence-corrected chi connectivity index (χ3v) is 3.73. The fraction of sp³-hybridized carbons (Fsp3) is 0.125. The van der Waals surface area contributed by atoms with Gasteiger partial charge in [-0.1, -0.05) is 35.3 Å². The highest BCUT2D eigenvalue weighted by Crippen LogP contribution is 2.25. The number of benzene rings is 2. The second-order valence-corrected chi connectivity index (χ2v) is 5.54. The standard InChI is InChI=1S/C16H13Cl2NO4/c1-9-3-2-4-11(16(21)22)15(9)23-8-14(20)19-10-5-6-12(17)13(18)7-10/h2-7H,8H2,1H3,(H,19,20)(H,21,22). The van der Waals surface area contributed by atoms with Crippen molar-refractivity contribution in [2.45, 2.75) is 6.92 Å². The summed E-state index contributed by atoms with van der Waals surface area (Å²) in [6.07, 6.45) is 0. The number of hydrogen-bond donors (Lipinski definition) is 2. The molecule has 2 N–H and O–H groups in total. The number of aryl methyl sites for hydroxylation is 1. The molecule has 0 spiro atoms. The molecule has 2 aromatic rings. The van der Waals surface area contributed by atoms with Gasteiger partial charge in [-0.2, -0.15) is 0 Å². The molecule has 2 aromatic carbocycles. The molecule has 0 aliphatic carbocycles. The minimum atomic E-state index is -1.12. The van der Waals surface area contributed by atoms with E-state index < -0.39 is 11.9 Å². The molecule has 0 saturated heterocycles. The summed E-state index contributed by atoms with van der Waals surface area (Å²) in [6, 6.07) is 9.41. The van der Waals surface area contributed by atoms with Crippen LogP contribution in [0.5, 0.6) is 5.75 Å². The third kappa shape index (κ3) is 4.37. The highest BCUT2D eigenvalue weighted by molar-refractivity contribution is 6.42. The van der Waals surface area contributed by atoms with Gasteiger partial charge in [0.05, 0.1) is 10.0 Å². The Morgan fingerprint density at radius 1 is 1.17 bits per heavy atom. The first-order chi connectivity index (χ1) is 10.9. The van der Waals surface area contributed by atoms with E-state index in [1.807, 2.05) is 0 Å². The normalized spacial score (nSPS) is 10.2. The average molecular weight is 354 g/mol. The SMILES string of the molecule is Cc1cccc(C(=O)O)c1OCC(=O)Nc1ccc(Cl)c(Cl)c1. The van der Waals surface area contributed by atoms with Gasteiger partial charge in [0.15, 0.2) is 6.61 Å². The lowest BCUT2D eigenvalue weighted by Crippen LogP contribution is -2.21. The van der Waals surface area contributed by atoms with Crippen molar-refractivity contribution in [3.8, 4) is 5.75 Å². The second kappa shape index (κ2) is 7.35. The van der Waals surface area contributed by atoms with Crippen LogP contribution in [0.25, 0.3) is 0 Å². The average Bonchev–Trinajstić information content (AvgIpc) is 2.49. The van der Waals surface area contributed by atoms with Crippen LogP contribution in [-0.4, -0.2) is 23.6 Å². The summed E-state index contributed by atoms with van der Waals surface area (Å²) in [4.78, 5) is 23.1. The number of carboxylic acids is 1. The maximum absolute atomic E-state index is 11.9. The van der Waals surface area contributed by atoms with Crippen molar-refractivity contribution in [1.29, 1.82) is 0 Å². The van der Waals surface area contributed by atoms with Crippen molar-refractivity contribution < 1.29 is 19.4 Å². The van der Waals surface area contributed by atoms with E-state index in [9.17, 15) is 9.59 Å². The third-order valence-electron chi connectivity index (χ3n) is 2.99. The molecule has 2 rings (SSSR count). The van der Waals surface area contributed by atoms with Gasteiger partial charge in [-0.15, -0.1) is 0 Å². The van der Waals surface area contributed by atoms with E-state index in [0.29, 0.717) is 21.3 Å². The van der Waals surface area contributed by atoms with Crippen molar-refractivity contribution >= 4 is 40.8 Å². The molecule has 120 valence electrons. The van der Waals surface area contributed by atoms with Crippen LogP contribution in [0.3, 0.4) is 0 Å². The molecule has 0 saturated carbocycles. The van der Waals surface area contributed by atoms with Gasteiger partial charge >= 0.3 is 5.97 Å². The zero-order chi connectivity index (χ0) is 17.0. The quantitative estimate of drug-likeness (QED) is 0.851. The van der Waals surface area contributed by atoms with Crippen molar-refractivity contribution in [3.05, 3.63) is 57.6 Å². The zero-order valence-corrected chi connectivity index (χ0v) is 13.6. The van der Waals surface area contributed by atoms with Crippen molar-refractivity contribution in [3.63, 3.8) is 0 Å². The van der Waals surface area contributed by atoms with Crippen LogP contribution in [0.15, 0.2) is 36.4 Å². The first-order valence-electron chi connectivity index (χ1n) is 6.59. The van der Waals surface area contributed by atoms with E-state index in [4.69, 9.17) is 33.0 Å². The smallest absolute Gasteiger partial charge is 0.339 e. The second-order valence-electron chi connectivity index (χ2n) is 4.72. The molecule has 0 unspecified atom stereocenters. The van der Waals surface area contributed by atoms with Gasteiger partial charge in [0.1, 0.15) is 11.3 Å². The maximum Gasteiger partial charge on any atom is 0.339 e. The van der Waals surface area contributed by atoms with E-state index in [1.54, 1.807) is 31.2 Å². The summed E-state index contributed by atoms with van der Waals surface area (Å²) in [5.41, 5.74) is 1.11. The van der Waals surface area contributed by atoms with E-state index in [-0.39, 0.29) is 17.9 Å². The summed E-state index contributed by atoms with van der Waals surface area (Å²) in [5, 5.41) is 12.4. The summed E-state index contributed by atoms with van der Waals surface area (Å²) >= 11 is 11.7. The molecule has 5 nitrogen and oxygen atoms in total. The summed E-state index contributed by atoms with van der Waals surface area (Å²) in [6.45, 7) is 1.38. The first kappa shape index (κ1) is 17.1. The van der Waals surface area contributed by atoms with Gasteiger partial charge in [-0.25, -0.2) is 4.79 Å². The van der Waals surface area contributed by atoms with Crippen LogP contribution in [0.2, 0.25) is 10.0 Å². The summed E-state index contributed by atoms with van der Waals surface area (Å²) < 4.78 is 5.37. The Bertz CT molecular complexity index is 762. The van der Waals surface area contributed by atoms with Crippen LogP contribution < -0.4 is 10.1 Å². The lowest BCUT2D eigenvalue weighted by atomic mass is 10.1. The number of halogens is 2.